The number of unbranched alkanes of at least 4 members (excludes halogenated alkanes) is 1. The molecule has 1 N–H and O–H groups in total. The second-order valence-electron chi connectivity index (χ2n) is 9.32. The fourth-order valence-corrected chi connectivity index (χ4v) is 5.26. The van der Waals surface area contributed by atoms with Gasteiger partial charge < -0.3 is 14.7 Å². The van der Waals surface area contributed by atoms with E-state index in [1.54, 1.807) is 7.11 Å². The maximum absolute atomic E-state index is 12.7. The summed E-state index contributed by atoms with van der Waals surface area (Å²) in [4.78, 5) is 7.03. The second-order valence-corrected chi connectivity index (χ2v) is 10.2. The van der Waals surface area contributed by atoms with Gasteiger partial charge in [-0.2, -0.15) is 0 Å². The molecule has 4 nitrogen and oxygen atoms in total. The molecule has 0 saturated heterocycles. The van der Waals surface area contributed by atoms with Crippen molar-refractivity contribution in [3.63, 3.8) is 0 Å². The van der Waals surface area contributed by atoms with Crippen LogP contribution < -0.4 is 4.74 Å². The Kier molecular flexibility index (Phi) is 8.22. The van der Waals surface area contributed by atoms with Crippen LogP contribution in [0.2, 0.25) is 0 Å². The Labute approximate surface area is 216 Å². The van der Waals surface area contributed by atoms with E-state index >= 15 is 0 Å². The molecule has 3 aromatic carbocycles. The summed E-state index contributed by atoms with van der Waals surface area (Å²) in [5, 5.41) is 13.7. The Bertz CT molecular complexity index is 1250. The van der Waals surface area contributed by atoms with Crippen molar-refractivity contribution in [2.45, 2.75) is 30.8 Å². The van der Waals surface area contributed by atoms with E-state index in [-0.39, 0.29) is 5.92 Å². The van der Waals surface area contributed by atoms with E-state index in [0.29, 0.717) is 12.3 Å². The SMILES string of the molecule is COc1nc2ccc(Br)cc2cc1C(c1ccccc1)C(O)(CCCCN(C)C)c1ccccc1. The van der Waals surface area contributed by atoms with Gasteiger partial charge in [0.05, 0.1) is 12.6 Å². The molecule has 4 rings (SSSR count). The highest BCUT2D eigenvalue weighted by Crippen LogP contribution is 2.48. The van der Waals surface area contributed by atoms with E-state index in [1.807, 2.05) is 60.7 Å². The smallest absolute Gasteiger partial charge is 0.217 e. The van der Waals surface area contributed by atoms with Gasteiger partial charge in [0, 0.05) is 21.3 Å². The third-order valence-corrected chi connectivity index (χ3v) is 7.06. The molecule has 1 aromatic heterocycles. The van der Waals surface area contributed by atoms with Gasteiger partial charge >= 0.3 is 0 Å². The van der Waals surface area contributed by atoms with E-state index in [2.05, 4.69) is 59.2 Å². The number of hydrogen-bond donors (Lipinski definition) is 1. The number of halogens is 1. The summed E-state index contributed by atoms with van der Waals surface area (Å²) in [6.45, 7) is 0.982. The molecule has 0 amide bonds. The molecule has 0 aliphatic heterocycles. The molecule has 0 aliphatic carbocycles. The maximum atomic E-state index is 12.7. The molecule has 0 radical (unpaired) electrons. The quantitative estimate of drug-likeness (QED) is 0.229. The van der Waals surface area contributed by atoms with Gasteiger partial charge in [0.25, 0.3) is 0 Å². The van der Waals surface area contributed by atoms with Crippen LogP contribution in [0.15, 0.2) is 89.4 Å². The summed E-state index contributed by atoms with van der Waals surface area (Å²) in [7, 11) is 5.82. The Morgan fingerprint density at radius 2 is 1.63 bits per heavy atom. The molecular weight excluding hydrogens is 500 g/mol. The molecular formula is C30H33BrN2O2. The highest BCUT2D eigenvalue weighted by Gasteiger charge is 2.41. The number of aliphatic hydroxyl groups is 1. The van der Waals surface area contributed by atoms with E-state index in [0.717, 1.165) is 51.5 Å². The van der Waals surface area contributed by atoms with Crippen molar-refractivity contribution < 1.29 is 9.84 Å². The molecule has 0 saturated carbocycles. The van der Waals surface area contributed by atoms with E-state index in [4.69, 9.17) is 9.72 Å². The molecule has 0 aliphatic rings. The van der Waals surface area contributed by atoms with Gasteiger partial charge in [-0.3, -0.25) is 0 Å². The molecule has 1 heterocycles. The molecule has 0 spiro atoms. The molecule has 2 atom stereocenters. The van der Waals surface area contributed by atoms with Crippen molar-refractivity contribution in [1.29, 1.82) is 0 Å². The fourth-order valence-electron chi connectivity index (χ4n) is 4.88. The molecule has 35 heavy (non-hydrogen) atoms. The maximum Gasteiger partial charge on any atom is 0.217 e. The van der Waals surface area contributed by atoms with Crippen LogP contribution in [0.3, 0.4) is 0 Å². The zero-order valence-corrected chi connectivity index (χ0v) is 22.2. The Balaban J connectivity index is 1.92. The van der Waals surface area contributed by atoms with E-state index in [1.165, 1.54) is 0 Å². The number of hydrogen-bond acceptors (Lipinski definition) is 4. The van der Waals surface area contributed by atoms with Crippen molar-refractivity contribution in [3.8, 4) is 5.88 Å². The van der Waals surface area contributed by atoms with Crippen molar-refractivity contribution in [2.24, 2.45) is 0 Å². The molecule has 2 unspecified atom stereocenters. The summed E-state index contributed by atoms with van der Waals surface area (Å²) in [5.41, 5.74) is 2.51. The van der Waals surface area contributed by atoms with Crippen LogP contribution in [-0.2, 0) is 5.60 Å². The number of methoxy groups -OCH3 is 1. The lowest BCUT2D eigenvalue weighted by Crippen LogP contribution is -2.35. The van der Waals surface area contributed by atoms with Gasteiger partial charge in [-0.1, -0.05) is 76.6 Å². The summed E-state index contributed by atoms with van der Waals surface area (Å²) in [6.07, 6.45) is 2.51. The number of benzene rings is 3. The molecule has 0 bridgehead atoms. The zero-order valence-electron chi connectivity index (χ0n) is 20.6. The zero-order chi connectivity index (χ0) is 24.8. The van der Waals surface area contributed by atoms with Crippen LogP contribution in [0, 0.1) is 0 Å². The lowest BCUT2D eigenvalue weighted by molar-refractivity contribution is 0.00678. The first-order chi connectivity index (χ1) is 16.9. The average molecular weight is 534 g/mol. The highest BCUT2D eigenvalue weighted by atomic mass is 79.9. The summed E-state index contributed by atoms with van der Waals surface area (Å²) >= 11 is 3.59. The van der Waals surface area contributed by atoms with Crippen LogP contribution in [0.5, 0.6) is 5.88 Å². The Hall–Kier alpha value is -2.73. The average Bonchev–Trinajstić information content (AvgIpc) is 2.87. The minimum absolute atomic E-state index is 0.365. The number of nitrogens with zero attached hydrogens (tertiary/aromatic N) is 2. The van der Waals surface area contributed by atoms with E-state index < -0.39 is 5.60 Å². The summed E-state index contributed by atoms with van der Waals surface area (Å²) in [5.74, 6) is 0.174. The third kappa shape index (κ3) is 5.75. The van der Waals surface area contributed by atoms with Crippen molar-refractivity contribution >= 4 is 26.8 Å². The standard InChI is InChI=1S/C30H33BrN2O2/c1-33(2)19-11-10-18-30(34,24-14-8-5-9-15-24)28(22-12-6-4-7-13-22)26-21-23-20-25(31)16-17-27(23)32-29(26)35-3/h4-9,12-17,20-21,28,34H,10-11,18-19H2,1-3H3. The largest absolute Gasteiger partial charge is 0.481 e. The van der Waals surface area contributed by atoms with Crippen LogP contribution in [0.25, 0.3) is 10.9 Å². The molecule has 4 aromatic rings. The fraction of sp³-hybridized carbons (Fsp3) is 0.300. The molecule has 182 valence electrons. The monoisotopic (exact) mass is 532 g/mol. The van der Waals surface area contributed by atoms with E-state index in [9.17, 15) is 5.11 Å². The van der Waals surface area contributed by atoms with Gasteiger partial charge in [-0.15, -0.1) is 0 Å². The molecule has 0 fully saturated rings. The van der Waals surface area contributed by atoms with Gasteiger partial charge in [-0.25, -0.2) is 4.98 Å². The lowest BCUT2D eigenvalue weighted by atomic mass is 9.71. The van der Waals surface area contributed by atoms with Crippen LogP contribution in [0.1, 0.15) is 41.9 Å². The van der Waals surface area contributed by atoms with Gasteiger partial charge in [0.15, 0.2) is 0 Å². The van der Waals surface area contributed by atoms with Gasteiger partial charge in [0.1, 0.15) is 5.60 Å². The second kappa shape index (κ2) is 11.3. The van der Waals surface area contributed by atoms with Crippen LogP contribution in [-0.4, -0.2) is 42.7 Å². The summed E-state index contributed by atoms with van der Waals surface area (Å²) < 4.78 is 6.82. The first-order valence-corrected chi connectivity index (χ1v) is 12.8. The minimum atomic E-state index is -1.15. The first kappa shape index (κ1) is 25.4. The number of pyridine rings is 1. The minimum Gasteiger partial charge on any atom is -0.481 e. The van der Waals surface area contributed by atoms with Crippen molar-refractivity contribution in [3.05, 3.63) is 106 Å². The normalized spacial score (nSPS) is 14.1. The number of fused-ring (bicyclic) bond motifs is 1. The number of ether oxygens (including phenoxy) is 1. The third-order valence-electron chi connectivity index (χ3n) is 6.57. The van der Waals surface area contributed by atoms with Gasteiger partial charge in [-0.05, 0) is 75.3 Å². The highest BCUT2D eigenvalue weighted by molar-refractivity contribution is 9.10. The Morgan fingerprint density at radius 1 is 0.943 bits per heavy atom. The first-order valence-electron chi connectivity index (χ1n) is 12.0. The predicted octanol–water partition coefficient (Wildman–Crippen LogP) is 6.76. The van der Waals surface area contributed by atoms with Crippen molar-refractivity contribution in [2.75, 3.05) is 27.7 Å². The number of rotatable bonds is 10. The van der Waals surface area contributed by atoms with Crippen LogP contribution in [0.4, 0.5) is 0 Å². The van der Waals surface area contributed by atoms with Gasteiger partial charge in [0.2, 0.25) is 5.88 Å². The summed E-state index contributed by atoms with van der Waals surface area (Å²) in [6, 6.07) is 28.4. The molecule has 5 heteroatoms. The Morgan fingerprint density at radius 3 is 2.29 bits per heavy atom. The van der Waals surface area contributed by atoms with Crippen LogP contribution >= 0.6 is 15.9 Å². The predicted molar refractivity (Wildman–Crippen MR) is 147 cm³/mol. The van der Waals surface area contributed by atoms with Crippen molar-refractivity contribution in [1.82, 2.24) is 9.88 Å². The topological polar surface area (TPSA) is 45.6 Å². The lowest BCUT2D eigenvalue weighted by Gasteiger charge is -2.38. The number of aromatic nitrogens is 1.